The summed E-state index contributed by atoms with van der Waals surface area (Å²) in [6.07, 6.45) is 2.03. The maximum Gasteiger partial charge on any atom is 0.234 e. The standard InChI is InChI=1S/C25H29FN4OS/c1-15(2)18-9-7-10-19(16(3)4)23(18)27-22(31)14-32-25-29-28-24(30(25)17-12-13-17)20-8-5-6-11-21(20)26/h5-11,15-17H,12-14H2,1-4H3,(H,27,31). The Labute approximate surface area is 192 Å². The number of thioether (sulfide) groups is 1. The fourth-order valence-corrected chi connectivity index (χ4v) is 4.67. The van der Waals surface area contributed by atoms with Gasteiger partial charge in [-0.05, 0) is 47.9 Å². The highest BCUT2D eigenvalue weighted by Gasteiger charge is 2.31. The molecule has 3 aromatic rings. The first kappa shape index (κ1) is 22.5. The molecule has 1 amide bonds. The Bertz CT molecular complexity index is 1090. The van der Waals surface area contributed by atoms with Crippen molar-refractivity contribution in [3.05, 3.63) is 59.4 Å². The van der Waals surface area contributed by atoms with E-state index < -0.39 is 0 Å². The van der Waals surface area contributed by atoms with Crippen LogP contribution in [0.1, 0.15) is 69.5 Å². The van der Waals surface area contributed by atoms with Crippen LogP contribution in [-0.4, -0.2) is 26.4 Å². The van der Waals surface area contributed by atoms with E-state index in [0.29, 0.717) is 28.4 Å². The van der Waals surface area contributed by atoms with Gasteiger partial charge in [0.15, 0.2) is 11.0 Å². The first-order chi connectivity index (χ1) is 15.4. The molecule has 5 nitrogen and oxygen atoms in total. The molecule has 0 unspecified atom stereocenters. The number of anilines is 1. The Morgan fingerprint density at radius 2 is 1.72 bits per heavy atom. The molecular weight excluding hydrogens is 423 g/mol. The molecule has 1 aliphatic rings. The predicted octanol–water partition coefficient (Wildman–Crippen LogP) is 6.40. The molecule has 4 rings (SSSR count). The van der Waals surface area contributed by atoms with E-state index in [4.69, 9.17) is 0 Å². The number of aromatic nitrogens is 3. The summed E-state index contributed by atoms with van der Waals surface area (Å²) in [4.78, 5) is 12.9. The Morgan fingerprint density at radius 1 is 1.06 bits per heavy atom. The zero-order valence-corrected chi connectivity index (χ0v) is 19.7. The lowest BCUT2D eigenvalue weighted by atomic mass is 9.92. The number of halogens is 1. The topological polar surface area (TPSA) is 59.8 Å². The minimum Gasteiger partial charge on any atom is -0.325 e. The molecule has 0 atom stereocenters. The maximum absolute atomic E-state index is 14.4. The number of nitrogens with one attached hydrogen (secondary N) is 1. The van der Waals surface area contributed by atoms with E-state index in [2.05, 4.69) is 61.4 Å². The van der Waals surface area contributed by atoms with Crippen LogP contribution in [0.25, 0.3) is 11.4 Å². The average molecular weight is 453 g/mol. The molecular formula is C25H29FN4OS. The van der Waals surface area contributed by atoms with Gasteiger partial charge in [-0.2, -0.15) is 0 Å². The summed E-state index contributed by atoms with van der Waals surface area (Å²) in [6, 6.07) is 13.1. The average Bonchev–Trinajstić information content (AvgIpc) is 3.51. The zero-order chi connectivity index (χ0) is 22.8. The van der Waals surface area contributed by atoms with Gasteiger partial charge in [0, 0.05) is 11.7 Å². The summed E-state index contributed by atoms with van der Waals surface area (Å²) in [5, 5.41) is 12.4. The number of benzene rings is 2. The van der Waals surface area contributed by atoms with Crippen LogP contribution in [0.2, 0.25) is 0 Å². The highest BCUT2D eigenvalue weighted by atomic mass is 32.2. The number of para-hydroxylation sites is 1. The molecule has 1 aliphatic carbocycles. The number of hydrogen-bond acceptors (Lipinski definition) is 4. The molecule has 1 heterocycles. The molecule has 1 saturated carbocycles. The number of nitrogens with zero attached hydrogens (tertiary/aromatic N) is 3. The molecule has 2 aromatic carbocycles. The smallest absolute Gasteiger partial charge is 0.234 e. The molecule has 7 heteroatoms. The quantitative estimate of drug-likeness (QED) is 0.402. The summed E-state index contributed by atoms with van der Waals surface area (Å²) >= 11 is 1.35. The molecule has 1 N–H and O–H groups in total. The Kier molecular flexibility index (Phi) is 6.65. The lowest BCUT2D eigenvalue weighted by Gasteiger charge is -2.20. The largest absolute Gasteiger partial charge is 0.325 e. The van der Waals surface area contributed by atoms with Crippen molar-refractivity contribution in [1.82, 2.24) is 14.8 Å². The third kappa shape index (κ3) is 4.72. The van der Waals surface area contributed by atoms with Gasteiger partial charge in [-0.25, -0.2) is 4.39 Å². The molecule has 0 spiro atoms. The van der Waals surface area contributed by atoms with Crippen LogP contribution < -0.4 is 5.32 Å². The van der Waals surface area contributed by atoms with Crippen LogP contribution in [-0.2, 0) is 4.79 Å². The van der Waals surface area contributed by atoms with Crippen LogP contribution >= 0.6 is 11.8 Å². The van der Waals surface area contributed by atoms with Gasteiger partial charge in [0.05, 0.1) is 11.3 Å². The van der Waals surface area contributed by atoms with Crippen LogP contribution in [0.3, 0.4) is 0 Å². The second-order valence-corrected chi connectivity index (χ2v) is 9.79. The van der Waals surface area contributed by atoms with Crippen molar-refractivity contribution in [3.8, 4) is 11.4 Å². The van der Waals surface area contributed by atoms with Crippen LogP contribution in [0, 0.1) is 5.82 Å². The van der Waals surface area contributed by atoms with Crippen LogP contribution in [0.15, 0.2) is 47.6 Å². The maximum atomic E-state index is 14.4. The van der Waals surface area contributed by atoms with Gasteiger partial charge in [-0.15, -0.1) is 10.2 Å². The molecule has 0 radical (unpaired) electrons. The summed E-state index contributed by atoms with van der Waals surface area (Å²) < 4.78 is 16.3. The number of hydrogen-bond donors (Lipinski definition) is 1. The van der Waals surface area contributed by atoms with Crippen molar-refractivity contribution in [3.63, 3.8) is 0 Å². The van der Waals surface area contributed by atoms with Gasteiger partial charge in [0.2, 0.25) is 5.91 Å². The van der Waals surface area contributed by atoms with E-state index in [1.807, 2.05) is 4.57 Å². The van der Waals surface area contributed by atoms with Gasteiger partial charge in [-0.1, -0.05) is 69.8 Å². The van der Waals surface area contributed by atoms with Crippen molar-refractivity contribution < 1.29 is 9.18 Å². The highest BCUT2D eigenvalue weighted by molar-refractivity contribution is 7.99. The van der Waals surface area contributed by atoms with Crippen molar-refractivity contribution in [2.75, 3.05) is 11.1 Å². The first-order valence-electron chi connectivity index (χ1n) is 11.1. The number of carbonyl (C=O) groups excluding carboxylic acids is 1. The molecule has 1 fully saturated rings. The van der Waals surface area contributed by atoms with Gasteiger partial charge in [0.25, 0.3) is 0 Å². The Morgan fingerprint density at radius 3 is 2.31 bits per heavy atom. The lowest BCUT2D eigenvalue weighted by molar-refractivity contribution is -0.113. The summed E-state index contributed by atoms with van der Waals surface area (Å²) in [5.41, 5.74) is 3.63. The number of amides is 1. The fourth-order valence-electron chi connectivity index (χ4n) is 3.86. The highest BCUT2D eigenvalue weighted by Crippen LogP contribution is 2.41. The molecule has 0 bridgehead atoms. The van der Waals surface area contributed by atoms with Gasteiger partial charge in [0.1, 0.15) is 5.82 Å². The van der Waals surface area contributed by atoms with Gasteiger partial charge >= 0.3 is 0 Å². The van der Waals surface area contributed by atoms with Crippen LogP contribution in [0.4, 0.5) is 10.1 Å². The van der Waals surface area contributed by atoms with E-state index >= 15 is 0 Å². The third-order valence-electron chi connectivity index (χ3n) is 5.66. The van der Waals surface area contributed by atoms with Gasteiger partial charge < -0.3 is 5.32 Å². The predicted molar refractivity (Wildman–Crippen MR) is 128 cm³/mol. The van der Waals surface area contributed by atoms with E-state index in [0.717, 1.165) is 29.7 Å². The van der Waals surface area contributed by atoms with Gasteiger partial charge in [-0.3, -0.25) is 9.36 Å². The summed E-state index contributed by atoms with van der Waals surface area (Å²) in [5.74, 6) is 0.952. The van der Waals surface area contributed by atoms with E-state index in [9.17, 15) is 9.18 Å². The normalized spacial score (nSPS) is 13.7. The molecule has 1 aromatic heterocycles. The number of rotatable bonds is 8. The summed E-state index contributed by atoms with van der Waals surface area (Å²) in [7, 11) is 0. The third-order valence-corrected chi connectivity index (χ3v) is 6.60. The Hall–Kier alpha value is -2.67. The minimum atomic E-state index is -0.317. The molecule has 32 heavy (non-hydrogen) atoms. The molecule has 168 valence electrons. The lowest BCUT2D eigenvalue weighted by Crippen LogP contribution is -2.18. The Balaban J connectivity index is 1.53. The monoisotopic (exact) mass is 452 g/mol. The van der Waals surface area contributed by atoms with Crippen molar-refractivity contribution >= 4 is 23.4 Å². The van der Waals surface area contributed by atoms with E-state index in [1.165, 1.54) is 17.8 Å². The SMILES string of the molecule is CC(C)c1cccc(C(C)C)c1NC(=O)CSc1nnc(-c2ccccc2F)n1C1CC1. The second kappa shape index (κ2) is 9.45. The number of carbonyl (C=O) groups is 1. The van der Waals surface area contributed by atoms with E-state index in [-0.39, 0.29) is 23.5 Å². The van der Waals surface area contributed by atoms with Crippen molar-refractivity contribution in [1.29, 1.82) is 0 Å². The van der Waals surface area contributed by atoms with Crippen LogP contribution in [0.5, 0.6) is 0 Å². The minimum absolute atomic E-state index is 0.0808. The second-order valence-electron chi connectivity index (χ2n) is 8.84. The van der Waals surface area contributed by atoms with E-state index in [1.54, 1.807) is 18.2 Å². The zero-order valence-electron chi connectivity index (χ0n) is 18.9. The first-order valence-corrected chi connectivity index (χ1v) is 12.1. The summed E-state index contributed by atoms with van der Waals surface area (Å²) in [6.45, 7) is 8.52. The van der Waals surface area contributed by atoms with Crippen molar-refractivity contribution in [2.45, 2.75) is 63.6 Å². The molecule has 0 aliphatic heterocycles. The molecule has 0 saturated heterocycles. The fraction of sp³-hybridized carbons (Fsp3) is 0.400. The van der Waals surface area contributed by atoms with Crippen molar-refractivity contribution in [2.24, 2.45) is 0 Å².